The summed E-state index contributed by atoms with van der Waals surface area (Å²) in [4.78, 5) is 18.6. The molecule has 3 aromatic rings. The number of aromatic nitrogens is 2. The third kappa shape index (κ3) is 5.49. The van der Waals surface area contributed by atoms with Crippen molar-refractivity contribution in [3.05, 3.63) is 66.1 Å². The first-order valence-electron chi connectivity index (χ1n) is 9.85. The van der Waals surface area contributed by atoms with Crippen molar-refractivity contribution in [1.82, 2.24) is 15.0 Å². The van der Waals surface area contributed by atoms with Crippen molar-refractivity contribution in [1.29, 1.82) is 0 Å². The monoisotopic (exact) mass is 442 g/mol. The molecule has 31 heavy (non-hydrogen) atoms. The van der Waals surface area contributed by atoms with E-state index in [9.17, 15) is 13.2 Å². The Kier molecular flexibility index (Phi) is 6.74. The molecule has 0 fully saturated rings. The van der Waals surface area contributed by atoms with Gasteiger partial charge in [-0.15, -0.1) is 0 Å². The highest BCUT2D eigenvalue weighted by atomic mass is 32.2. The van der Waals surface area contributed by atoms with Gasteiger partial charge in [0.1, 0.15) is 6.54 Å². The summed E-state index contributed by atoms with van der Waals surface area (Å²) in [6, 6.07) is 16.6. The van der Waals surface area contributed by atoms with Crippen LogP contribution in [0.5, 0.6) is 0 Å². The van der Waals surface area contributed by atoms with Gasteiger partial charge in [-0.3, -0.25) is 9.10 Å². The van der Waals surface area contributed by atoms with Crippen LogP contribution in [0.4, 0.5) is 5.69 Å². The Balaban J connectivity index is 1.76. The van der Waals surface area contributed by atoms with E-state index in [-0.39, 0.29) is 30.8 Å². The average molecular weight is 443 g/mol. The Labute approximate surface area is 182 Å². The Morgan fingerprint density at radius 3 is 2.35 bits per heavy atom. The molecule has 0 aliphatic rings. The molecule has 0 atom stereocenters. The Morgan fingerprint density at radius 1 is 1.06 bits per heavy atom. The lowest BCUT2D eigenvalue weighted by atomic mass is 10.0. The normalized spacial score (nSPS) is 11.5. The fourth-order valence-corrected chi connectivity index (χ4v) is 4.01. The molecule has 164 valence electrons. The van der Waals surface area contributed by atoms with E-state index in [0.29, 0.717) is 11.5 Å². The lowest BCUT2D eigenvalue weighted by Crippen LogP contribution is -2.41. The molecule has 9 heteroatoms. The summed E-state index contributed by atoms with van der Waals surface area (Å²) >= 11 is 0. The minimum absolute atomic E-state index is 0.0715. The molecule has 1 amide bonds. The largest absolute Gasteiger partial charge is 0.337 e. The maximum atomic E-state index is 12.9. The minimum Gasteiger partial charge on any atom is -0.337 e. The number of sulfonamides is 1. The summed E-state index contributed by atoms with van der Waals surface area (Å²) in [5.41, 5.74) is 2.17. The van der Waals surface area contributed by atoms with Gasteiger partial charge in [0.2, 0.25) is 27.6 Å². The van der Waals surface area contributed by atoms with E-state index >= 15 is 0 Å². The first-order valence-corrected chi connectivity index (χ1v) is 11.7. The molecule has 1 heterocycles. The molecular formula is C22H26N4O4S. The summed E-state index contributed by atoms with van der Waals surface area (Å²) in [6.45, 7) is 3.71. The van der Waals surface area contributed by atoms with E-state index in [1.807, 2.05) is 56.3 Å². The molecule has 8 nitrogen and oxygen atoms in total. The van der Waals surface area contributed by atoms with Gasteiger partial charge in [0.15, 0.2) is 0 Å². The van der Waals surface area contributed by atoms with E-state index in [0.717, 1.165) is 21.7 Å². The number of para-hydroxylation sites is 1. The molecule has 0 radical (unpaired) electrons. The van der Waals surface area contributed by atoms with E-state index in [1.165, 1.54) is 4.90 Å². The molecule has 0 saturated carbocycles. The molecule has 2 aromatic carbocycles. The summed E-state index contributed by atoms with van der Waals surface area (Å²) in [7, 11) is -2.10. The highest BCUT2D eigenvalue weighted by molar-refractivity contribution is 7.92. The van der Waals surface area contributed by atoms with Crippen molar-refractivity contribution in [2.24, 2.45) is 0 Å². The van der Waals surface area contributed by atoms with Crippen LogP contribution in [-0.2, 0) is 21.4 Å². The van der Waals surface area contributed by atoms with E-state index in [4.69, 9.17) is 4.52 Å². The minimum atomic E-state index is -3.67. The number of benzene rings is 2. The van der Waals surface area contributed by atoms with Gasteiger partial charge in [-0.2, -0.15) is 4.98 Å². The van der Waals surface area contributed by atoms with Gasteiger partial charge in [-0.25, -0.2) is 8.42 Å². The number of carbonyl (C=O) groups is 1. The third-order valence-electron chi connectivity index (χ3n) is 4.80. The molecule has 0 unspecified atom stereocenters. The second kappa shape index (κ2) is 9.30. The van der Waals surface area contributed by atoms with Crippen molar-refractivity contribution < 1.29 is 17.7 Å². The standard InChI is InChI=1S/C22H26N4O4S/c1-16(2)18-12-8-9-13-19(18)26(31(4,28)29)15-21(27)25(3)14-20-23-22(24-30-20)17-10-6-5-7-11-17/h5-13,16H,14-15H2,1-4H3. The van der Waals surface area contributed by atoms with Crippen LogP contribution < -0.4 is 4.31 Å². The number of hydrogen-bond donors (Lipinski definition) is 0. The van der Waals surface area contributed by atoms with Gasteiger partial charge in [-0.05, 0) is 17.5 Å². The molecule has 1 aromatic heterocycles. The maximum absolute atomic E-state index is 12.9. The molecule has 0 aliphatic heterocycles. The zero-order chi connectivity index (χ0) is 22.6. The number of hydrogen-bond acceptors (Lipinski definition) is 6. The van der Waals surface area contributed by atoms with Gasteiger partial charge in [-0.1, -0.05) is 67.5 Å². The van der Waals surface area contributed by atoms with Gasteiger partial charge in [0.25, 0.3) is 0 Å². The highest BCUT2D eigenvalue weighted by Crippen LogP contribution is 2.29. The number of amides is 1. The van der Waals surface area contributed by atoms with Crippen LogP contribution in [0.25, 0.3) is 11.4 Å². The summed E-state index contributed by atoms with van der Waals surface area (Å²) in [5.74, 6) is 0.412. The predicted molar refractivity (Wildman–Crippen MR) is 119 cm³/mol. The van der Waals surface area contributed by atoms with Crippen molar-refractivity contribution in [2.45, 2.75) is 26.3 Å². The van der Waals surface area contributed by atoms with E-state index < -0.39 is 10.0 Å². The molecule has 0 saturated heterocycles. The fraction of sp³-hybridized carbons (Fsp3) is 0.318. The van der Waals surface area contributed by atoms with Gasteiger partial charge < -0.3 is 9.42 Å². The highest BCUT2D eigenvalue weighted by Gasteiger charge is 2.26. The second-order valence-corrected chi connectivity index (χ2v) is 9.52. The molecule has 0 N–H and O–H groups in total. The summed E-state index contributed by atoms with van der Waals surface area (Å²) in [6.07, 6.45) is 1.10. The van der Waals surface area contributed by atoms with Crippen LogP contribution >= 0.6 is 0 Å². The molecule has 0 spiro atoms. The summed E-state index contributed by atoms with van der Waals surface area (Å²) in [5, 5.41) is 3.95. The van der Waals surface area contributed by atoms with Crippen LogP contribution in [0.15, 0.2) is 59.1 Å². The number of nitrogens with zero attached hydrogens (tertiary/aromatic N) is 4. The van der Waals surface area contributed by atoms with Crippen molar-refractivity contribution >= 4 is 21.6 Å². The van der Waals surface area contributed by atoms with Gasteiger partial charge in [0, 0.05) is 12.6 Å². The lowest BCUT2D eigenvalue weighted by Gasteiger charge is -2.27. The number of rotatable bonds is 8. The van der Waals surface area contributed by atoms with E-state index in [1.54, 1.807) is 19.2 Å². The Bertz CT molecular complexity index is 1140. The Morgan fingerprint density at radius 2 is 1.71 bits per heavy atom. The van der Waals surface area contributed by atoms with Crippen LogP contribution in [0.3, 0.4) is 0 Å². The van der Waals surface area contributed by atoms with Gasteiger partial charge >= 0.3 is 0 Å². The third-order valence-corrected chi connectivity index (χ3v) is 5.93. The summed E-state index contributed by atoms with van der Waals surface area (Å²) < 4.78 is 31.4. The van der Waals surface area contributed by atoms with Crippen molar-refractivity contribution in [2.75, 3.05) is 24.2 Å². The first kappa shape index (κ1) is 22.5. The topological polar surface area (TPSA) is 96.6 Å². The molecule has 0 bridgehead atoms. The average Bonchev–Trinajstić information content (AvgIpc) is 3.20. The maximum Gasteiger partial charge on any atom is 0.246 e. The zero-order valence-corrected chi connectivity index (χ0v) is 18.8. The zero-order valence-electron chi connectivity index (χ0n) is 18.0. The van der Waals surface area contributed by atoms with Crippen LogP contribution in [0, 0.1) is 0 Å². The second-order valence-electron chi connectivity index (χ2n) is 7.61. The predicted octanol–water partition coefficient (Wildman–Crippen LogP) is 3.28. The van der Waals surface area contributed by atoms with Gasteiger partial charge in [0.05, 0.1) is 18.5 Å². The first-order chi connectivity index (χ1) is 14.7. The van der Waals surface area contributed by atoms with Crippen LogP contribution in [-0.4, -0.2) is 49.2 Å². The Hall–Kier alpha value is -3.20. The number of carbonyl (C=O) groups excluding carboxylic acids is 1. The van der Waals surface area contributed by atoms with Crippen LogP contribution in [0.1, 0.15) is 31.2 Å². The molecule has 3 rings (SSSR count). The number of likely N-dealkylation sites (N-methyl/N-ethyl adjacent to an activating group) is 1. The van der Waals surface area contributed by atoms with Crippen LogP contribution in [0.2, 0.25) is 0 Å². The quantitative estimate of drug-likeness (QED) is 0.531. The smallest absolute Gasteiger partial charge is 0.246 e. The van der Waals surface area contributed by atoms with E-state index in [2.05, 4.69) is 10.1 Å². The lowest BCUT2D eigenvalue weighted by molar-refractivity contribution is -0.129. The number of anilines is 1. The van der Waals surface area contributed by atoms with Crippen molar-refractivity contribution in [3.63, 3.8) is 0 Å². The molecule has 0 aliphatic carbocycles. The SMILES string of the molecule is CC(C)c1ccccc1N(CC(=O)N(C)Cc1nc(-c2ccccc2)no1)S(C)(=O)=O. The fourth-order valence-electron chi connectivity index (χ4n) is 3.14. The van der Waals surface area contributed by atoms with Crippen molar-refractivity contribution in [3.8, 4) is 11.4 Å². The molecular weight excluding hydrogens is 416 g/mol.